The summed E-state index contributed by atoms with van der Waals surface area (Å²) in [6, 6.07) is 7.55. The molecule has 2 amide bonds. The fourth-order valence-corrected chi connectivity index (χ4v) is 4.95. The standard InChI is InChI=1S/C21H25ClN2O4S/c1-12-7-3-5-9-15(12)24-20(26)13(2)28-17(25)11-23-21(27)19-18(22)14-8-4-6-10-16(14)29-19/h4,6,8,10,12-13,15H,3,5,7,9,11H2,1-2H3,(H,23,27)(H,24,26)/t12-,13-,15-/m1/s1. The van der Waals surface area contributed by atoms with Crippen molar-refractivity contribution in [1.82, 2.24) is 10.6 Å². The van der Waals surface area contributed by atoms with E-state index in [0.717, 1.165) is 29.3 Å². The summed E-state index contributed by atoms with van der Waals surface area (Å²) in [6.07, 6.45) is 3.39. The summed E-state index contributed by atoms with van der Waals surface area (Å²) in [4.78, 5) is 37.1. The first-order valence-corrected chi connectivity index (χ1v) is 11.0. The lowest BCUT2D eigenvalue weighted by atomic mass is 9.86. The Labute approximate surface area is 178 Å². The zero-order valence-corrected chi connectivity index (χ0v) is 18.1. The highest BCUT2D eigenvalue weighted by Crippen LogP contribution is 2.34. The minimum absolute atomic E-state index is 0.118. The molecule has 1 aromatic heterocycles. The van der Waals surface area contributed by atoms with Gasteiger partial charge in [-0.15, -0.1) is 11.3 Å². The third-order valence-electron chi connectivity index (χ3n) is 5.25. The molecule has 3 rings (SSSR count). The SMILES string of the molecule is C[C@@H]1CCCC[C@H]1NC(=O)[C@@H](C)OC(=O)CNC(=O)c1sc2ccccc2c1Cl. The first-order valence-electron chi connectivity index (χ1n) is 9.82. The van der Waals surface area contributed by atoms with Gasteiger partial charge in [-0.05, 0) is 31.7 Å². The van der Waals surface area contributed by atoms with Crippen molar-refractivity contribution in [2.45, 2.75) is 51.7 Å². The molecule has 1 saturated carbocycles. The maximum atomic E-state index is 12.4. The number of halogens is 1. The minimum atomic E-state index is -0.915. The van der Waals surface area contributed by atoms with Crippen LogP contribution in [-0.2, 0) is 14.3 Å². The van der Waals surface area contributed by atoms with E-state index in [9.17, 15) is 14.4 Å². The van der Waals surface area contributed by atoms with Crippen molar-refractivity contribution in [2.24, 2.45) is 5.92 Å². The van der Waals surface area contributed by atoms with Gasteiger partial charge in [0, 0.05) is 16.1 Å². The molecule has 1 aliphatic rings. The van der Waals surface area contributed by atoms with E-state index >= 15 is 0 Å². The highest BCUT2D eigenvalue weighted by atomic mass is 35.5. The first kappa shape index (κ1) is 21.6. The number of carbonyl (C=O) groups is 3. The normalized spacial score (nSPS) is 20.1. The van der Waals surface area contributed by atoms with Crippen LogP contribution in [0.2, 0.25) is 5.02 Å². The van der Waals surface area contributed by atoms with Gasteiger partial charge in [0.25, 0.3) is 11.8 Å². The Bertz CT molecular complexity index is 913. The van der Waals surface area contributed by atoms with Crippen LogP contribution in [-0.4, -0.2) is 36.5 Å². The molecule has 8 heteroatoms. The van der Waals surface area contributed by atoms with E-state index in [-0.39, 0.29) is 18.5 Å². The minimum Gasteiger partial charge on any atom is -0.451 e. The monoisotopic (exact) mass is 436 g/mol. The molecule has 1 aliphatic carbocycles. The van der Waals surface area contributed by atoms with E-state index < -0.39 is 18.0 Å². The molecule has 0 radical (unpaired) electrons. The second kappa shape index (κ2) is 9.59. The van der Waals surface area contributed by atoms with Crippen LogP contribution in [0.5, 0.6) is 0 Å². The largest absolute Gasteiger partial charge is 0.451 e. The molecule has 156 valence electrons. The van der Waals surface area contributed by atoms with E-state index in [4.69, 9.17) is 16.3 Å². The molecule has 3 atom stereocenters. The lowest BCUT2D eigenvalue weighted by Crippen LogP contribution is -2.46. The summed E-state index contributed by atoms with van der Waals surface area (Å²) < 4.78 is 6.06. The average molecular weight is 437 g/mol. The molecule has 0 unspecified atom stereocenters. The third kappa shape index (κ3) is 5.28. The Hall–Kier alpha value is -2.12. The fraction of sp³-hybridized carbons (Fsp3) is 0.476. The van der Waals surface area contributed by atoms with Gasteiger partial charge in [-0.3, -0.25) is 14.4 Å². The maximum Gasteiger partial charge on any atom is 0.326 e. The lowest BCUT2D eigenvalue weighted by molar-refractivity contribution is -0.154. The lowest BCUT2D eigenvalue weighted by Gasteiger charge is -2.30. The van der Waals surface area contributed by atoms with Gasteiger partial charge in [-0.25, -0.2) is 0 Å². The molecule has 29 heavy (non-hydrogen) atoms. The zero-order chi connectivity index (χ0) is 21.0. The van der Waals surface area contributed by atoms with Gasteiger partial charge in [-0.1, -0.05) is 49.6 Å². The number of fused-ring (bicyclic) bond motifs is 1. The molecular formula is C21H25ClN2O4S. The summed E-state index contributed by atoms with van der Waals surface area (Å²) in [5.74, 6) is -1.01. The van der Waals surface area contributed by atoms with E-state index in [1.165, 1.54) is 24.7 Å². The van der Waals surface area contributed by atoms with Crippen molar-refractivity contribution in [3.05, 3.63) is 34.2 Å². The molecule has 6 nitrogen and oxygen atoms in total. The number of ether oxygens (including phenoxy) is 1. The molecule has 1 fully saturated rings. The van der Waals surface area contributed by atoms with Crippen molar-refractivity contribution in [3.8, 4) is 0 Å². The molecule has 0 spiro atoms. The average Bonchev–Trinajstić information content (AvgIpc) is 3.05. The van der Waals surface area contributed by atoms with E-state index in [0.29, 0.717) is 15.8 Å². The van der Waals surface area contributed by atoms with Crippen LogP contribution < -0.4 is 10.6 Å². The molecule has 1 aromatic carbocycles. The topological polar surface area (TPSA) is 84.5 Å². The summed E-state index contributed by atoms with van der Waals surface area (Å²) in [7, 11) is 0. The van der Waals surface area contributed by atoms with Crippen molar-refractivity contribution < 1.29 is 19.1 Å². The number of hydrogen-bond acceptors (Lipinski definition) is 5. The quantitative estimate of drug-likeness (QED) is 0.672. The second-order valence-corrected chi connectivity index (χ2v) is 8.86. The molecule has 1 heterocycles. The highest BCUT2D eigenvalue weighted by Gasteiger charge is 2.26. The number of rotatable bonds is 6. The summed E-state index contributed by atoms with van der Waals surface area (Å²) in [5, 5.41) is 6.65. The number of nitrogens with one attached hydrogen (secondary N) is 2. The van der Waals surface area contributed by atoms with Gasteiger partial charge < -0.3 is 15.4 Å². The van der Waals surface area contributed by atoms with Crippen molar-refractivity contribution in [2.75, 3.05) is 6.54 Å². The molecule has 2 aromatic rings. The van der Waals surface area contributed by atoms with Gasteiger partial charge in [-0.2, -0.15) is 0 Å². The predicted molar refractivity (Wildman–Crippen MR) is 114 cm³/mol. The Balaban J connectivity index is 1.49. The summed E-state index contributed by atoms with van der Waals surface area (Å²) >= 11 is 7.54. The Morgan fingerprint density at radius 1 is 1.24 bits per heavy atom. The van der Waals surface area contributed by atoms with Crippen molar-refractivity contribution in [1.29, 1.82) is 0 Å². The summed E-state index contributed by atoms with van der Waals surface area (Å²) in [6.45, 7) is 3.32. The zero-order valence-electron chi connectivity index (χ0n) is 16.5. The van der Waals surface area contributed by atoms with Gasteiger partial charge in [0.1, 0.15) is 11.4 Å². The smallest absolute Gasteiger partial charge is 0.326 e. The number of esters is 1. The maximum absolute atomic E-state index is 12.4. The van der Waals surface area contributed by atoms with Crippen LogP contribution in [0.25, 0.3) is 10.1 Å². The van der Waals surface area contributed by atoms with Gasteiger partial charge in [0.05, 0.1) is 5.02 Å². The van der Waals surface area contributed by atoms with Crippen molar-refractivity contribution >= 4 is 50.8 Å². The Morgan fingerprint density at radius 3 is 2.69 bits per heavy atom. The number of benzene rings is 1. The number of thiophene rings is 1. The van der Waals surface area contributed by atoms with Gasteiger partial charge >= 0.3 is 5.97 Å². The van der Waals surface area contributed by atoms with Gasteiger partial charge in [0.15, 0.2) is 6.10 Å². The van der Waals surface area contributed by atoms with Crippen molar-refractivity contribution in [3.63, 3.8) is 0 Å². The molecule has 0 saturated heterocycles. The molecule has 2 N–H and O–H groups in total. The van der Waals surface area contributed by atoms with Gasteiger partial charge in [0.2, 0.25) is 0 Å². The van der Waals surface area contributed by atoms with Crippen LogP contribution >= 0.6 is 22.9 Å². The van der Waals surface area contributed by atoms with E-state index in [1.807, 2.05) is 24.3 Å². The number of amides is 2. The second-order valence-electron chi connectivity index (χ2n) is 7.43. The van der Waals surface area contributed by atoms with Crippen LogP contribution in [0.15, 0.2) is 24.3 Å². The molecule has 0 bridgehead atoms. The highest BCUT2D eigenvalue weighted by molar-refractivity contribution is 7.21. The molecular weight excluding hydrogens is 412 g/mol. The first-order chi connectivity index (χ1) is 13.9. The fourth-order valence-electron chi connectivity index (χ4n) is 3.52. The number of hydrogen-bond donors (Lipinski definition) is 2. The Kier molecular flexibility index (Phi) is 7.14. The van der Waals surface area contributed by atoms with Crippen LogP contribution in [0.1, 0.15) is 49.2 Å². The van der Waals surface area contributed by atoms with Crippen LogP contribution in [0, 0.1) is 5.92 Å². The predicted octanol–water partition coefficient (Wildman–Crippen LogP) is 3.91. The third-order valence-corrected chi connectivity index (χ3v) is 6.93. The van der Waals surface area contributed by atoms with E-state index in [1.54, 1.807) is 0 Å². The van der Waals surface area contributed by atoms with E-state index in [2.05, 4.69) is 17.6 Å². The Morgan fingerprint density at radius 2 is 1.97 bits per heavy atom. The summed E-state index contributed by atoms with van der Waals surface area (Å²) in [5.41, 5.74) is 0. The number of carbonyl (C=O) groups excluding carboxylic acids is 3. The van der Waals surface area contributed by atoms with Crippen LogP contribution in [0.4, 0.5) is 0 Å². The van der Waals surface area contributed by atoms with Crippen LogP contribution in [0.3, 0.4) is 0 Å². The molecule has 0 aliphatic heterocycles.